The van der Waals surface area contributed by atoms with Crippen LogP contribution in [0.4, 0.5) is 0 Å². The lowest BCUT2D eigenvalue weighted by Gasteiger charge is -2.26. The van der Waals surface area contributed by atoms with Gasteiger partial charge in [0.15, 0.2) is 0 Å². The maximum absolute atomic E-state index is 12.2. The lowest BCUT2D eigenvalue weighted by molar-refractivity contribution is 0.471. The molecule has 0 unspecified atom stereocenters. The molecule has 4 heteroatoms. The predicted molar refractivity (Wildman–Crippen MR) is 290 cm³/mol. The van der Waals surface area contributed by atoms with E-state index in [-0.39, 0.29) is 27.7 Å². The van der Waals surface area contributed by atoms with E-state index in [1.807, 2.05) is 121 Å². The highest BCUT2D eigenvalue weighted by molar-refractivity contribution is 5.98. The summed E-state index contributed by atoms with van der Waals surface area (Å²) in [7, 11) is 0. The van der Waals surface area contributed by atoms with Crippen LogP contribution in [0.5, 0.6) is 5.75 Å². The van der Waals surface area contributed by atoms with Crippen LogP contribution in [-0.4, -0.2) is 19.6 Å². The molecule has 0 spiro atoms. The Kier molecular flexibility index (Phi) is 9.78. The van der Waals surface area contributed by atoms with Crippen molar-refractivity contribution in [1.29, 1.82) is 0 Å². The zero-order chi connectivity index (χ0) is 53.2. The lowest BCUT2D eigenvalue weighted by atomic mass is 9.78. The third-order valence-electron chi connectivity index (χ3n) is 13.2. The molecule has 0 atom stereocenters. The predicted octanol–water partition coefficient (Wildman–Crippen LogP) is 17.3. The van der Waals surface area contributed by atoms with Gasteiger partial charge in [-0.1, -0.05) is 174 Å². The number of pyridine rings is 1. The minimum atomic E-state index is -2.58. The fourth-order valence-electron chi connectivity index (χ4n) is 9.53. The van der Waals surface area contributed by atoms with E-state index in [4.69, 9.17) is 14.1 Å². The van der Waals surface area contributed by atoms with Gasteiger partial charge < -0.3 is 5.11 Å². The summed E-state index contributed by atoms with van der Waals surface area (Å²) >= 11 is 0. The molecule has 2 heterocycles. The quantitative estimate of drug-likeness (QED) is 0.165. The first-order valence-electron chi connectivity index (χ1n) is 26.5. The van der Waals surface area contributed by atoms with Crippen LogP contribution in [0, 0.1) is 20.6 Å². The monoisotopic (exact) mass is 904 g/mol. The number of aromatic hydroxyl groups is 1. The molecule has 340 valence electrons. The third-order valence-corrected chi connectivity index (χ3v) is 13.2. The van der Waals surface area contributed by atoms with E-state index in [0.717, 1.165) is 78.0 Å². The lowest BCUT2D eigenvalue weighted by Crippen LogP contribution is -2.13. The topological polar surface area (TPSA) is 50.9 Å². The third kappa shape index (κ3) is 8.68. The second-order valence-corrected chi connectivity index (χ2v) is 20.1. The van der Waals surface area contributed by atoms with Crippen LogP contribution in [0.2, 0.25) is 0 Å². The van der Waals surface area contributed by atoms with Crippen molar-refractivity contribution < 1.29 is 13.3 Å². The molecule has 4 nitrogen and oxygen atoms in total. The molecule has 0 radical (unpaired) electrons. The summed E-state index contributed by atoms with van der Waals surface area (Å²) in [6.45, 7) is 10.0. The first-order valence-corrected chi connectivity index (χ1v) is 23.5. The molecule has 0 saturated carbocycles. The summed E-state index contributed by atoms with van der Waals surface area (Å²) in [5.41, 5.74) is 15.5. The van der Waals surface area contributed by atoms with Crippen LogP contribution in [-0.2, 0) is 10.8 Å². The Morgan fingerprint density at radius 1 is 0.493 bits per heavy atom. The molecule has 1 N–H and O–H groups in total. The SMILES string of the molecule is [2H]C([2H])([2H])c1ccc(-c2ccnc(-c3cc(-c4ccccc4)cc(-c4cccc5c4nc(-c4cc(C(C)(C)C)cc(C)c4O)n5-c4ccc(-c5c(-c6ccccc6)cccc5C(C)(C)C)cc4C([2H])([2H])[2H])c3)c2)cc1. The maximum Gasteiger partial charge on any atom is 0.149 e. The standard InChI is InChI=1S/C65H59N3O/c1-41-26-28-45(29-27-41)47-32-33-66-57(39-47)51-37-49(44-18-12-10-13-19-44)36-50(38-51)54-23-17-25-59-61(54)67-63(55-40-52(64(4,5)6)35-43(3)62(55)69)68(59)58-31-30-48(34-42(58)2)60-53(46-20-14-11-15-21-46)22-16-24-56(60)65(7,8)9/h10-40,69H,1-9H3/i1D3,2D3. The van der Waals surface area contributed by atoms with Crippen molar-refractivity contribution in [3.63, 3.8) is 0 Å². The molecule has 2 aromatic heterocycles. The number of imidazole rings is 1. The average Bonchev–Trinajstić information content (AvgIpc) is 3.79. The van der Waals surface area contributed by atoms with Crippen LogP contribution >= 0.6 is 0 Å². The Morgan fingerprint density at radius 3 is 1.87 bits per heavy atom. The number of rotatable bonds is 8. The Balaban J connectivity index is 1.24. The fourth-order valence-corrected chi connectivity index (χ4v) is 9.53. The highest BCUT2D eigenvalue weighted by Gasteiger charge is 2.27. The number of phenols is 1. The van der Waals surface area contributed by atoms with Crippen LogP contribution in [0.1, 0.15) is 77.6 Å². The molecule has 0 amide bonds. The minimum absolute atomic E-state index is 0.0622. The molecule has 0 saturated heterocycles. The summed E-state index contributed by atoms with van der Waals surface area (Å²) in [4.78, 5) is 10.4. The first kappa shape index (κ1) is 38.2. The van der Waals surface area contributed by atoms with E-state index in [9.17, 15) is 9.22 Å². The highest BCUT2D eigenvalue weighted by Crippen LogP contribution is 2.45. The zero-order valence-electron chi connectivity index (χ0n) is 46.2. The Bertz CT molecular complexity index is 3770. The molecular formula is C65H59N3O. The number of phenolic OH excluding ortho intramolecular Hbond substituents is 1. The first-order chi connectivity index (χ1) is 35.5. The van der Waals surface area contributed by atoms with Crippen molar-refractivity contribution in [3.05, 3.63) is 216 Å². The molecular weight excluding hydrogens is 839 g/mol. The fraction of sp³-hybridized carbons (Fsp3) is 0.169. The van der Waals surface area contributed by atoms with E-state index < -0.39 is 13.7 Å². The van der Waals surface area contributed by atoms with Crippen molar-refractivity contribution in [3.8, 4) is 89.7 Å². The largest absolute Gasteiger partial charge is 0.507 e. The molecule has 0 aliphatic rings. The van der Waals surface area contributed by atoms with Crippen LogP contribution in [0.15, 0.2) is 188 Å². The molecule has 0 fully saturated rings. The van der Waals surface area contributed by atoms with E-state index in [2.05, 4.69) is 102 Å². The smallest absolute Gasteiger partial charge is 0.149 e. The molecule has 10 aromatic rings. The number of para-hydroxylation sites is 1. The van der Waals surface area contributed by atoms with Gasteiger partial charge in [-0.05, 0) is 158 Å². The van der Waals surface area contributed by atoms with Crippen molar-refractivity contribution >= 4 is 11.0 Å². The summed E-state index contributed by atoms with van der Waals surface area (Å²) in [5, 5.41) is 12.2. The second-order valence-electron chi connectivity index (χ2n) is 20.1. The van der Waals surface area contributed by atoms with Gasteiger partial charge >= 0.3 is 0 Å². The summed E-state index contributed by atoms with van der Waals surface area (Å²) in [6, 6.07) is 59.7. The van der Waals surface area contributed by atoms with Crippen molar-refractivity contribution in [2.45, 2.75) is 73.0 Å². The second kappa shape index (κ2) is 17.7. The number of aromatic nitrogens is 3. The molecule has 0 aliphatic carbocycles. The Hall–Kier alpha value is -7.82. The maximum atomic E-state index is 12.2. The van der Waals surface area contributed by atoms with E-state index in [1.54, 1.807) is 18.3 Å². The number of hydrogen-bond acceptors (Lipinski definition) is 3. The van der Waals surface area contributed by atoms with Gasteiger partial charge in [0.1, 0.15) is 11.6 Å². The number of fused-ring (bicyclic) bond motifs is 1. The van der Waals surface area contributed by atoms with Crippen LogP contribution in [0.25, 0.3) is 95.0 Å². The van der Waals surface area contributed by atoms with E-state index >= 15 is 0 Å². The number of hydrogen-bond donors (Lipinski definition) is 1. The molecule has 0 bridgehead atoms. The minimum Gasteiger partial charge on any atom is -0.507 e. The van der Waals surface area contributed by atoms with Crippen molar-refractivity contribution in [2.24, 2.45) is 0 Å². The van der Waals surface area contributed by atoms with Crippen molar-refractivity contribution in [2.75, 3.05) is 0 Å². The zero-order valence-corrected chi connectivity index (χ0v) is 40.2. The Morgan fingerprint density at radius 2 is 1.16 bits per heavy atom. The van der Waals surface area contributed by atoms with Gasteiger partial charge in [-0.2, -0.15) is 0 Å². The van der Waals surface area contributed by atoms with Gasteiger partial charge in [-0.15, -0.1) is 0 Å². The number of benzene rings is 8. The number of nitrogens with zero attached hydrogens (tertiary/aromatic N) is 3. The summed E-state index contributed by atoms with van der Waals surface area (Å²) < 4.78 is 53.4. The van der Waals surface area contributed by atoms with Crippen LogP contribution in [0.3, 0.4) is 0 Å². The number of aryl methyl sites for hydroxylation is 3. The van der Waals surface area contributed by atoms with Gasteiger partial charge in [0.25, 0.3) is 0 Å². The molecule has 8 aromatic carbocycles. The molecule has 0 aliphatic heterocycles. The highest BCUT2D eigenvalue weighted by atomic mass is 16.3. The van der Waals surface area contributed by atoms with Crippen molar-refractivity contribution in [1.82, 2.24) is 14.5 Å². The van der Waals surface area contributed by atoms with E-state index in [1.165, 1.54) is 0 Å². The van der Waals surface area contributed by atoms with Gasteiger partial charge in [-0.3, -0.25) is 9.55 Å². The summed E-state index contributed by atoms with van der Waals surface area (Å²) in [6.07, 6.45) is 1.77. The van der Waals surface area contributed by atoms with E-state index in [0.29, 0.717) is 33.7 Å². The van der Waals surface area contributed by atoms with Gasteiger partial charge in [0.2, 0.25) is 0 Å². The van der Waals surface area contributed by atoms with Gasteiger partial charge in [0.05, 0.1) is 28.0 Å². The van der Waals surface area contributed by atoms with Crippen LogP contribution < -0.4 is 0 Å². The molecule has 69 heavy (non-hydrogen) atoms. The van der Waals surface area contributed by atoms with Gasteiger partial charge in [-0.25, -0.2) is 4.98 Å². The Labute approximate surface area is 416 Å². The van der Waals surface area contributed by atoms with Gasteiger partial charge in [0, 0.05) is 25.5 Å². The molecule has 10 rings (SSSR count). The summed E-state index contributed by atoms with van der Waals surface area (Å²) in [5.74, 6) is 0.466. The average molecular weight is 904 g/mol. The normalized spacial score (nSPS) is 13.6.